The predicted octanol–water partition coefficient (Wildman–Crippen LogP) is 6.17. The van der Waals surface area contributed by atoms with Crippen molar-refractivity contribution >= 4 is 66.8 Å². The average molecular weight is 896 g/mol. The van der Waals surface area contributed by atoms with E-state index in [1.165, 1.54) is 24.6 Å². The fourth-order valence-electron chi connectivity index (χ4n) is 6.99. The number of fused-ring (bicyclic) bond motifs is 4. The van der Waals surface area contributed by atoms with E-state index in [0.29, 0.717) is 38.4 Å². The maximum atomic E-state index is 15.3. The largest absolute Gasteiger partial charge is 0.378 e. The van der Waals surface area contributed by atoms with Gasteiger partial charge in [-0.15, -0.1) is 0 Å². The minimum atomic E-state index is -3.78. The molecular formula is C36H31ClF4IN7O4S. The maximum Gasteiger partial charge on any atom is 0.293 e. The summed E-state index contributed by atoms with van der Waals surface area (Å²) in [7, 11) is -2.21. The quantitative estimate of drug-likeness (QED) is 0.0913. The number of aryl methyl sites for hydroxylation is 1. The molecule has 54 heavy (non-hydrogen) atoms. The molecule has 2 aromatic carbocycles. The number of nitrogens with one attached hydrogen (secondary N) is 2. The van der Waals surface area contributed by atoms with Crippen LogP contribution in [0.3, 0.4) is 0 Å². The number of aromatic nitrogens is 5. The summed E-state index contributed by atoms with van der Waals surface area (Å²) in [6.45, 7) is 2.37. The van der Waals surface area contributed by atoms with Gasteiger partial charge in [0, 0.05) is 35.7 Å². The van der Waals surface area contributed by atoms with Crippen molar-refractivity contribution in [3.05, 3.63) is 91.0 Å². The number of halogens is 6. The molecule has 1 saturated carbocycles. The van der Waals surface area contributed by atoms with Crippen LogP contribution >= 0.6 is 34.2 Å². The fraction of sp³-hybridized carbons (Fsp3) is 0.333. The van der Waals surface area contributed by atoms with Gasteiger partial charge in [-0.05, 0) is 97.0 Å². The highest BCUT2D eigenvalue weighted by molar-refractivity contribution is 14.1. The predicted molar refractivity (Wildman–Crippen MR) is 201 cm³/mol. The second-order valence-electron chi connectivity index (χ2n) is 14.0. The van der Waals surface area contributed by atoms with Crippen molar-refractivity contribution in [2.24, 2.45) is 13.0 Å². The lowest BCUT2D eigenvalue weighted by atomic mass is 9.93. The van der Waals surface area contributed by atoms with E-state index in [9.17, 15) is 27.1 Å². The molecule has 0 aliphatic heterocycles. The number of alkyl halides is 2. The zero-order valence-electron chi connectivity index (χ0n) is 29.0. The highest BCUT2D eigenvalue weighted by Gasteiger charge is 2.66. The van der Waals surface area contributed by atoms with Gasteiger partial charge in [0.15, 0.2) is 5.82 Å². The number of nitrogens with zero attached hydrogens (tertiary/aromatic N) is 5. The highest BCUT2D eigenvalue weighted by Crippen LogP contribution is 2.67. The first-order valence-corrected chi connectivity index (χ1v) is 19.8. The number of carbonyl (C=O) groups excluding carboxylic acids is 1. The van der Waals surface area contributed by atoms with Crippen molar-refractivity contribution in [2.45, 2.75) is 56.7 Å². The van der Waals surface area contributed by atoms with E-state index in [2.05, 4.69) is 32.1 Å². The van der Waals surface area contributed by atoms with Gasteiger partial charge in [-0.1, -0.05) is 23.6 Å². The Hall–Kier alpha value is -4.25. The Morgan fingerprint density at radius 3 is 2.50 bits per heavy atom. The van der Waals surface area contributed by atoms with E-state index in [-0.39, 0.29) is 51.2 Å². The molecule has 5 aromatic rings. The number of pyridine rings is 1. The van der Waals surface area contributed by atoms with Gasteiger partial charge < -0.3 is 10.4 Å². The number of carbonyl (C=O) groups is 1. The third-order valence-corrected chi connectivity index (χ3v) is 10.8. The number of sulfonamides is 1. The molecule has 3 N–H and O–H groups in total. The van der Waals surface area contributed by atoms with Crippen LogP contribution in [0.5, 0.6) is 0 Å². The van der Waals surface area contributed by atoms with E-state index in [1.807, 2.05) is 22.6 Å². The van der Waals surface area contributed by atoms with Gasteiger partial charge in [-0.25, -0.2) is 22.2 Å². The standard InChI is InChI=1S/C36H31ClF4IN7O4S/c1-35(2,51)10-9-20-5-6-21(22-7-8-25(37)29-31(22)48(3)46-34(29)47-54(4,52)53)30(43-20)26(13-17-11-18(38)14-19(39)12-17)44-27(50)16-49-32-28(33(42)45-49)23-15-24(23)36(32,40)41/h5-8,11-12,14,23-24,26,51H,13,15-16H2,1-4H3,(H,44,50)(H,46,47)/t23-,24+,26?/m0/s1. The Kier molecular flexibility index (Phi) is 9.51. The summed E-state index contributed by atoms with van der Waals surface area (Å²) in [5.41, 5.74) is 0.349. The smallest absolute Gasteiger partial charge is 0.293 e. The minimum Gasteiger partial charge on any atom is -0.378 e. The number of hydrogen-bond acceptors (Lipinski definition) is 7. The lowest BCUT2D eigenvalue weighted by Crippen LogP contribution is -2.35. The molecule has 3 heterocycles. The van der Waals surface area contributed by atoms with Crippen LogP contribution in [0.1, 0.15) is 60.4 Å². The zero-order valence-corrected chi connectivity index (χ0v) is 32.7. The van der Waals surface area contributed by atoms with Crippen LogP contribution in [0.15, 0.2) is 42.5 Å². The SMILES string of the molecule is Cn1nc(NS(C)(=O)=O)c2c(Cl)ccc(-c3ccc(C#CC(C)(C)O)nc3C(Cc3cc(F)cc(F)c3)NC(=O)Cn3nc(I)c4c3C(F)(F)[C@@H]3C[C@H]43)c21. The summed E-state index contributed by atoms with van der Waals surface area (Å²) in [6, 6.07) is 8.10. The van der Waals surface area contributed by atoms with Crippen LogP contribution in [0.2, 0.25) is 5.02 Å². The van der Waals surface area contributed by atoms with Crippen LogP contribution < -0.4 is 10.0 Å². The molecule has 7 rings (SSSR count). The van der Waals surface area contributed by atoms with Crippen molar-refractivity contribution in [2.75, 3.05) is 11.0 Å². The first kappa shape index (κ1) is 38.0. The first-order valence-electron chi connectivity index (χ1n) is 16.5. The molecule has 3 aromatic heterocycles. The number of rotatable bonds is 9. The Balaban J connectivity index is 1.38. The first-order chi connectivity index (χ1) is 25.2. The van der Waals surface area contributed by atoms with E-state index in [0.717, 1.165) is 23.1 Å². The molecule has 3 atom stereocenters. The summed E-state index contributed by atoms with van der Waals surface area (Å²) in [5, 5.41) is 22.2. The van der Waals surface area contributed by atoms with Crippen molar-refractivity contribution in [1.29, 1.82) is 0 Å². The van der Waals surface area contributed by atoms with E-state index < -0.39 is 57.6 Å². The third kappa shape index (κ3) is 7.40. The molecule has 1 unspecified atom stereocenters. The molecule has 2 aliphatic carbocycles. The zero-order chi connectivity index (χ0) is 39.1. The molecule has 0 radical (unpaired) electrons. The van der Waals surface area contributed by atoms with Gasteiger partial charge in [0.05, 0.1) is 33.9 Å². The Morgan fingerprint density at radius 1 is 1.15 bits per heavy atom. The van der Waals surface area contributed by atoms with Gasteiger partial charge in [0.1, 0.15) is 38.9 Å². The Bertz CT molecular complexity index is 2540. The molecule has 18 heteroatoms. The van der Waals surface area contributed by atoms with Crippen molar-refractivity contribution < 1.29 is 35.9 Å². The van der Waals surface area contributed by atoms with Crippen LogP contribution in [-0.4, -0.2) is 55.8 Å². The van der Waals surface area contributed by atoms with Crippen LogP contribution in [0, 0.1) is 33.1 Å². The average Bonchev–Trinajstić information content (AvgIpc) is 3.62. The summed E-state index contributed by atoms with van der Waals surface area (Å²) in [5.74, 6) is -1.32. The highest BCUT2D eigenvalue weighted by atomic mass is 127. The van der Waals surface area contributed by atoms with E-state index in [1.54, 1.807) is 25.2 Å². The van der Waals surface area contributed by atoms with E-state index >= 15 is 8.78 Å². The normalized spacial score (nSPS) is 17.8. The second-order valence-corrected chi connectivity index (χ2v) is 17.2. The fourth-order valence-corrected chi connectivity index (χ4v) is 8.64. The monoisotopic (exact) mass is 895 g/mol. The van der Waals surface area contributed by atoms with Gasteiger partial charge in [-0.2, -0.15) is 19.0 Å². The number of anilines is 1. The number of hydrogen-bond donors (Lipinski definition) is 3. The van der Waals surface area contributed by atoms with Crippen LogP contribution in [0.25, 0.3) is 22.0 Å². The molecule has 0 spiro atoms. The molecule has 1 fully saturated rings. The summed E-state index contributed by atoms with van der Waals surface area (Å²) in [6.07, 6.45) is 1.09. The summed E-state index contributed by atoms with van der Waals surface area (Å²) >= 11 is 8.49. The van der Waals surface area contributed by atoms with Gasteiger partial charge in [0.2, 0.25) is 15.9 Å². The molecule has 0 bridgehead atoms. The summed E-state index contributed by atoms with van der Waals surface area (Å²) in [4.78, 5) is 18.7. The topological polar surface area (TPSA) is 144 Å². The molecule has 2 aliphatic rings. The lowest BCUT2D eigenvalue weighted by Gasteiger charge is -2.23. The third-order valence-electron chi connectivity index (χ3n) is 9.14. The molecule has 1 amide bonds. The van der Waals surface area contributed by atoms with Gasteiger partial charge in [0.25, 0.3) is 5.92 Å². The molecular weight excluding hydrogens is 865 g/mol. The molecule has 0 saturated heterocycles. The Morgan fingerprint density at radius 2 is 1.83 bits per heavy atom. The molecule has 11 nitrogen and oxygen atoms in total. The van der Waals surface area contributed by atoms with E-state index in [4.69, 9.17) is 16.6 Å². The maximum absolute atomic E-state index is 15.3. The number of benzene rings is 2. The minimum absolute atomic E-state index is 0.0417. The van der Waals surface area contributed by atoms with Crippen LogP contribution in [0.4, 0.5) is 23.4 Å². The van der Waals surface area contributed by atoms with Crippen molar-refractivity contribution in [3.8, 4) is 23.0 Å². The second kappa shape index (κ2) is 13.5. The van der Waals surface area contributed by atoms with Crippen LogP contribution in [-0.2, 0) is 40.8 Å². The van der Waals surface area contributed by atoms with Crippen molar-refractivity contribution in [3.63, 3.8) is 0 Å². The molecule has 282 valence electrons. The van der Waals surface area contributed by atoms with Gasteiger partial charge in [-0.3, -0.25) is 18.9 Å². The summed E-state index contributed by atoms with van der Waals surface area (Å²) < 4.78 is 89.4. The Labute approximate surface area is 325 Å². The van der Waals surface area contributed by atoms with Crippen molar-refractivity contribution in [1.82, 2.24) is 29.9 Å². The number of amides is 1. The lowest BCUT2D eigenvalue weighted by molar-refractivity contribution is -0.122. The van der Waals surface area contributed by atoms with Gasteiger partial charge >= 0.3 is 0 Å². The number of aliphatic hydroxyl groups is 1.